The van der Waals surface area contributed by atoms with E-state index in [0.717, 1.165) is 22.5 Å². The van der Waals surface area contributed by atoms with Gasteiger partial charge in [0.05, 0.1) is 11.9 Å². The van der Waals surface area contributed by atoms with Crippen LogP contribution < -0.4 is 5.32 Å². The van der Waals surface area contributed by atoms with Crippen LogP contribution in [0.3, 0.4) is 0 Å². The number of fused-ring (bicyclic) bond motifs is 1. The number of aromatic nitrogens is 5. The molecule has 4 aromatic rings. The summed E-state index contributed by atoms with van der Waals surface area (Å²) in [6, 6.07) is 9.39. The van der Waals surface area contributed by atoms with Crippen LogP contribution in [0.5, 0.6) is 0 Å². The summed E-state index contributed by atoms with van der Waals surface area (Å²) in [4.78, 5) is 20.7. The van der Waals surface area contributed by atoms with Crippen molar-refractivity contribution in [2.24, 2.45) is 7.05 Å². The first kappa shape index (κ1) is 15.8. The van der Waals surface area contributed by atoms with Crippen LogP contribution in [0, 0.1) is 0 Å². The number of carbonyl (C=O) groups is 1. The van der Waals surface area contributed by atoms with Gasteiger partial charge in [0.25, 0.3) is 0 Å². The number of hydrogen-bond donors (Lipinski definition) is 1. The van der Waals surface area contributed by atoms with Crippen LogP contribution in [-0.4, -0.2) is 30.1 Å². The standard InChI is InChI=1S/C19H16N6O/c1-24-12-14(11-21-24)3-8-18(26)22-16-6-4-15(5-7-16)17-13-25-10-2-9-20-19(25)23-17/h2-13H,1H3,(H,22,26)/b8-3+. The molecule has 0 aliphatic rings. The Labute approximate surface area is 149 Å². The monoisotopic (exact) mass is 344 g/mol. The Hall–Kier alpha value is -3.74. The molecule has 0 saturated carbocycles. The normalized spacial score (nSPS) is 11.3. The van der Waals surface area contributed by atoms with Crippen molar-refractivity contribution in [2.45, 2.75) is 0 Å². The molecule has 0 atom stereocenters. The Morgan fingerprint density at radius 2 is 2.04 bits per heavy atom. The van der Waals surface area contributed by atoms with Gasteiger partial charge in [0.1, 0.15) is 0 Å². The summed E-state index contributed by atoms with van der Waals surface area (Å²) in [5, 5.41) is 6.89. The molecule has 1 amide bonds. The third-order valence-electron chi connectivity index (χ3n) is 3.84. The lowest BCUT2D eigenvalue weighted by atomic mass is 10.1. The molecule has 128 valence electrons. The summed E-state index contributed by atoms with van der Waals surface area (Å²) in [6.45, 7) is 0. The van der Waals surface area contributed by atoms with E-state index >= 15 is 0 Å². The molecule has 3 heterocycles. The van der Waals surface area contributed by atoms with Gasteiger partial charge in [-0.05, 0) is 24.3 Å². The fourth-order valence-electron chi connectivity index (χ4n) is 2.58. The molecule has 0 saturated heterocycles. The number of nitrogens with zero attached hydrogens (tertiary/aromatic N) is 5. The highest BCUT2D eigenvalue weighted by atomic mass is 16.1. The molecule has 4 rings (SSSR count). The molecule has 0 bridgehead atoms. The van der Waals surface area contributed by atoms with Crippen molar-refractivity contribution in [1.82, 2.24) is 24.1 Å². The van der Waals surface area contributed by atoms with Crippen LogP contribution in [0.1, 0.15) is 5.56 Å². The third kappa shape index (κ3) is 3.36. The average Bonchev–Trinajstić information content (AvgIpc) is 3.26. The summed E-state index contributed by atoms with van der Waals surface area (Å²) in [7, 11) is 1.83. The number of anilines is 1. The van der Waals surface area contributed by atoms with Gasteiger partial charge < -0.3 is 5.32 Å². The Morgan fingerprint density at radius 3 is 2.77 bits per heavy atom. The van der Waals surface area contributed by atoms with Gasteiger partial charge in [-0.1, -0.05) is 12.1 Å². The first-order valence-corrected chi connectivity index (χ1v) is 8.05. The minimum absolute atomic E-state index is 0.196. The highest BCUT2D eigenvalue weighted by Crippen LogP contribution is 2.20. The van der Waals surface area contributed by atoms with Crippen molar-refractivity contribution in [1.29, 1.82) is 0 Å². The smallest absolute Gasteiger partial charge is 0.248 e. The van der Waals surface area contributed by atoms with E-state index in [1.54, 1.807) is 23.2 Å². The van der Waals surface area contributed by atoms with Gasteiger partial charge in [-0.2, -0.15) is 5.10 Å². The summed E-state index contributed by atoms with van der Waals surface area (Å²) >= 11 is 0. The van der Waals surface area contributed by atoms with E-state index in [2.05, 4.69) is 20.4 Å². The second kappa shape index (κ2) is 6.64. The Balaban J connectivity index is 1.45. The zero-order valence-electron chi connectivity index (χ0n) is 14.1. The third-order valence-corrected chi connectivity index (χ3v) is 3.84. The number of amides is 1. The predicted octanol–water partition coefficient (Wildman–Crippen LogP) is 2.78. The first-order valence-electron chi connectivity index (χ1n) is 8.05. The Morgan fingerprint density at radius 1 is 1.19 bits per heavy atom. The van der Waals surface area contributed by atoms with E-state index in [9.17, 15) is 4.79 Å². The fraction of sp³-hybridized carbons (Fsp3) is 0.0526. The second-order valence-electron chi connectivity index (χ2n) is 5.80. The van der Waals surface area contributed by atoms with Crippen molar-refractivity contribution in [3.8, 4) is 11.3 Å². The number of hydrogen-bond acceptors (Lipinski definition) is 4. The highest BCUT2D eigenvalue weighted by molar-refractivity contribution is 6.02. The lowest BCUT2D eigenvalue weighted by Crippen LogP contribution is -2.07. The number of imidazole rings is 1. The topological polar surface area (TPSA) is 77.1 Å². The molecule has 7 heteroatoms. The van der Waals surface area contributed by atoms with Gasteiger partial charge in [0, 0.05) is 54.7 Å². The summed E-state index contributed by atoms with van der Waals surface area (Å²) < 4.78 is 3.55. The zero-order valence-corrected chi connectivity index (χ0v) is 14.1. The van der Waals surface area contributed by atoms with Crippen LogP contribution >= 0.6 is 0 Å². The number of benzene rings is 1. The second-order valence-corrected chi connectivity index (χ2v) is 5.80. The summed E-state index contributed by atoms with van der Waals surface area (Å²) in [5.74, 6) is 0.457. The Kier molecular flexibility index (Phi) is 4.03. The van der Waals surface area contributed by atoms with Gasteiger partial charge >= 0.3 is 0 Å². The maximum atomic E-state index is 12.0. The van der Waals surface area contributed by atoms with E-state index in [-0.39, 0.29) is 5.91 Å². The number of aryl methyl sites for hydroxylation is 1. The molecule has 0 aliphatic heterocycles. The van der Waals surface area contributed by atoms with Gasteiger partial charge in [-0.3, -0.25) is 13.9 Å². The molecule has 3 aromatic heterocycles. The van der Waals surface area contributed by atoms with Gasteiger partial charge in [-0.25, -0.2) is 9.97 Å². The maximum Gasteiger partial charge on any atom is 0.248 e. The van der Waals surface area contributed by atoms with Gasteiger partial charge in [0.2, 0.25) is 11.7 Å². The molecule has 0 radical (unpaired) electrons. The SMILES string of the molecule is Cn1cc(/C=C/C(=O)Nc2ccc(-c3cn4cccnc4n3)cc2)cn1. The van der Waals surface area contributed by atoms with Crippen molar-refractivity contribution < 1.29 is 4.79 Å². The number of rotatable bonds is 4. The van der Waals surface area contributed by atoms with Crippen molar-refractivity contribution in [3.63, 3.8) is 0 Å². The van der Waals surface area contributed by atoms with Crippen molar-refractivity contribution in [2.75, 3.05) is 5.32 Å². The van der Waals surface area contributed by atoms with Crippen molar-refractivity contribution >= 4 is 23.4 Å². The minimum atomic E-state index is -0.196. The van der Waals surface area contributed by atoms with Crippen LogP contribution in [-0.2, 0) is 11.8 Å². The molecular formula is C19H16N6O. The van der Waals surface area contributed by atoms with Crippen molar-refractivity contribution in [3.05, 3.63) is 73.0 Å². The number of carbonyl (C=O) groups excluding carboxylic acids is 1. The van der Waals surface area contributed by atoms with Crippen LogP contribution in [0.4, 0.5) is 5.69 Å². The molecule has 7 nitrogen and oxygen atoms in total. The van der Waals surface area contributed by atoms with E-state index in [0.29, 0.717) is 5.78 Å². The van der Waals surface area contributed by atoms with E-state index in [1.807, 2.05) is 60.4 Å². The molecule has 1 aromatic carbocycles. The maximum absolute atomic E-state index is 12.0. The highest BCUT2D eigenvalue weighted by Gasteiger charge is 2.05. The predicted molar refractivity (Wildman–Crippen MR) is 99.3 cm³/mol. The lowest BCUT2D eigenvalue weighted by Gasteiger charge is -2.03. The molecule has 0 spiro atoms. The van der Waals surface area contributed by atoms with E-state index in [1.165, 1.54) is 6.08 Å². The first-order chi connectivity index (χ1) is 12.7. The Bertz CT molecular complexity index is 1060. The lowest BCUT2D eigenvalue weighted by molar-refractivity contribution is -0.111. The fourth-order valence-corrected chi connectivity index (χ4v) is 2.58. The summed E-state index contributed by atoms with van der Waals surface area (Å²) in [6.07, 6.45) is 12.3. The minimum Gasteiger partial charge on any atom is -0.323 e. The molecular weight excluding hydrogens is 328 g/mol. The van der Waals surface area contributed by atoms with E-state index in [4.69, 9.17) is 0 Å². The van der Waals surface area contributed by atoms with Gasteiger partial charge in [-0.15, -0.1) is 0 Å². The molecule has 0 aliphatic carbocycles. The molecule has 26 heavy (non-hydrogen) atoms. The average molecular weight is 344 g/mol. The van der Waals surface area contributed by atoms with E-state index < -0.39 is 0 Å². The largest absolute Gasteiger partial charge is 0.323 e. The zero-order chi connectivity index (χ0) is 17.9. The van der Waals surface area contributed by atoms with Crippen LogP contribution in [0.2, 0.25) is 0 Å². The quantitative estimate of drug-likeness (QED) is 0.578. The van der Waals surface area contributed by atoms with Gasteiger partial charge in [0.15, 0.2) is 0 Å². The summed E-state index contributed by atoms with van der Waals surface area (Å²) in [5.41, 5.74) is 3.38. The molecule has 0 unspecified atom stereocenters. The number of nitrogens with one attached hydrogen (secondary N) is 1. The van der Waals surface area contributed by atoms with Crippen LogP contribution in [0.25, 0.3) is 23.1 Å². The van der Waals surface area contributed by atoms with Crippen LogP contribution in [0.15, 0.2) is 67.4 Å². The molecule has 1 N–H and O–H groups in total. The molecule has 0 fully saturated rings.